The molecule has 1 N–H and O–H groups in total. The van der Waals surface area contributed by atoms with E-state index in [4.69, 9.17) is 18.9 Å². The molecule has 0 aromatic heterocycles. The van der Waals surface area contributed by atoms with Crippen molar-refractivity contribution in [3.8, 4) is 0 Å². The summed E-state index contributed by atoms with van der Waals surface area (Å²) in [4.78, 5) is 37.6. The van der Waals surface area contributed by atoms with Crippen molar-refractivity contribution in [3.05, 3.63) is 134 Å². The number of hydrogen-bond donors (Lipinski definition) is 1. The Labute approximate surface area is 522 Å². The third-order valence-corrected chi connectivity index (χ3v) is 14.4. The predicted molar refractivity (Wildman–Crippen MR) is 364 cm³/mol. The molecule has 0 radical (unpaired) electrons. The third-order valence-electron chi connectivity index (χ3n) is 14.4. The lowest BCUT2D eigenvalue weighted by Crippen LogP contribution is -2.40. The normalized spacial score (nSPS) is 13.6. The van der Waals surface area contributed by atoms with Crippen LogP contribution in [0, 0.1) is 0 Å². The van der Waals surface area contributed by atoms with Crippen LogP contribution in [-0.2, 0) is 33.3 Å². The molecule has 0 spiro atoms. The van der Waals surface area contributed by atoms with Gasteiger partial charge in [-0.15, -0.1) is 0 Å². The number of quaternary nitrogens is 1. The van der Waals surface area contributed by atoms with Gasteiger partial charge in [-0.3, -0.25) is 9.59 Å². The fraction of sp³-hybridized carbons (Fsp3) is 0.671. The zero-order valence-corrected chi connectivity index (χ0v) is 55.2. The van der Waals surface area contributed by atoms with Gasteiger partial charge in [0.15, 0.2) is 6.10 Å². The topological polar surface area (TPSA) is 108 Å². The minimum absolute atomic E-state index is 0.178. The van der Waals surface area contributed by atoms with Crippen LogP contribution in [0.3, 0.4) is 0 Å². The van der Waals surface area contributed by atoms with E-state index in [0.717, 1.165) is 122 Å². The third kappa shape index (κ3) is 66.8. The van der Waals surface area contributed by atoms with Crippen LogP contribution in [0.15, 0.2) is 134 Å². The van der Waals surface area contributed by atoms with Gasteiger partial charge < -0.3 is 28.5 Å². The Hall–Kier alpha value is -4.57. The largest absolute Gasteiger partial charge is 0.477 e. The highest BCUT2D eigenvalue weighted by atomic mass is 16.7. The summed E-state index contributed by atoms with van der Waals surface area (Å²) in [6.45, 7) is 4.63. The predicted octanol–water partition coefficient (Wildman–Crippen LogP) is 21.4. The Morgan fingerprint density at radius 1 is 0.353 bits per heavy atom. The molecule has 0 saturated heterocycles. The smallest absolute Gasteiger partial charge is 0.361 e. The summed E-state index contributed by atoms with van der Waals surface area (Å²) in [7, 11) is 5.96. The van der Waals surface area contributed by atoms with Crippen LogP contribution >= 0.6 is 0 Å². The van der Waals surface area contributed by atoms with Crippen molar-refractivity contribution in [1.29, 1.82) is 0 Å². The van der Waals surface area contributed by atoms with E-state index in [1.807, 2.05) is 21.1 Å². The Morgan fingerprint density at radius 3 is 0.941 bits per heavy atom. The molecule has 2 atom stereocenters. The molecule has 0 rings (SSSR count). The van der Waals surface area contributed by atoms with Crippen molar-refractivity contribution in [2.24, 2.45) is 0 Å². The standard InChI is InChI=1S/C76H127NO8/c1-6-8-10-12-14-16-18-20-22-24-26-28-30-32-34-35-36-37-38-39-41-42-44-46-48-50-52-54-56-58-60-62-64-66-73(78)83-70-72(71-84-76(75(80)81)82-69-68-77(3,4)5)85-74(79)67-65-63-61-59-57-55-53-51-49-47-45-43-40-33-31-29-27-25-23-21-19-17-15-13-11-9-7-2/h8-11,14-17,20-23,26-29,33,40,45,47,51,53,72,76H,6-7,12-13,18-19,24-25,30-32,34-39,41-44,46,48-50,52,54-71H2,1-5H3/p+1/b10-8-,11-9-,16-14-,17-15-,22-20-,23-21-,28-26-,29-27-,40-33-,47-45-,53-51-. The van der Waals surface area contributed by atoms with Crippen molar-refractivity contribution in [3.63, 3.8) is 0 Å². The van der Waals surface area contributed by atoms with Gasteiger partial charge in [0.1, 0.15) is 13.2 Å². The van der Waals surface area contributed by atoms with E-state index in [2.05, 4.69) is 148 Å². The molecule has 0 aliphatic heterocycles. The summed E-state index contributed by atoms with van der Waals surface area (Å²) in [6, 6.07) is 0. The number of esters is 2. The van der Waals surface area contributed by atoms with Gasteiger partial charge in [-0.05, 0) is 109 Å². The molecule has 0 amide bonds. The number of ether oxygens (including phenoxy) is 4. The maximum Gasteiger partial charge on any atom is 0.361 e. The number of hydrogen-bond acceptors (Lipinski definition) is 7. The zero-order valence-electron chi connectivity index (χ0n) is 55.2. The van der Waals surface area contributed by atoms with E-state index < -0.39 is 24.3 Å². The fourth-order valence-corrected chi connectivity index (χ4v) is 9.22. The van der Waals surface area contributed by atoms with Crippen molar-refractivity contribution in [2.45, 2.75) is 283 Å². The zero-order chi connectivity index (χ0) is 61.9. The average Bonchev–Trinajstić information content (AvgIpc) is 3.48. The molecule has 9 heteroatoms. The van der Waals surface area contributed by atoms with Gasteiger partial charge >= 0.3 is 17.9 Å². The van der Waals surface area contributed by atoms with Gasteiger partial charge in [0.05, 0.1) is 34.4 Å². The van der Waals surface area contributed by atoms with Crippen molar-refractivity contribution >= 4 is 17.9 Å². The van der Waals surface area contributed by atoms with E-state index in [9.17, 15) is 19.5 Å². The van der Waals surface area contributed by atoms with E-state index in [-0.39, 0.29) is 32.2 Å². The number of allylic oxidation sites excluding steroid dienone is 22. The molecule has 2 unspecified atom stereocenters. The lowest BCUT2D eigenvalue weighted by molar-refractivity contribution is -0.870. The number of carbonyl (C=O) groups is 3. The van der Waals surface area contributed by atoms with Gasteiger partial charge in [-0.1, -0.05) is 282 Å². The number of carbonyl (C=O) groups excluding carboxylic acids is 2. The second-order valence-corrected chi connectivity index (χ2v) is 23.7. The average molecular weight is 1180 g/mol. The minimum atomic E-state index is -1.52. The molecule has 0 aliphatic rings. The van der Waals surface area contributed by atoms with E-state index in [1.54, 1.807) is 0 Å². The summed E-state index contributed by atoms with van der Waals surface area (Å²) in [5.41, 5.74) is 0. The monoisotopic (exact) mass is 1180 g/mol. The van der Waals surface area contributed by atoms with Gasteiger partial charge in [-0.2, -0.15) is 0 Å². The molecule has 0 saturated carbocycles. The summed E-state index contributed by atoms with van der Waals surface area (Å²) >= 11 is 0. The van der Waals surface area contributed by atoms with Gasteiger partial charge in [0, 0.05) is 12.8 Å². The first kappa shape index (κ1) is 80.4. The molecule has 0 fully saturated rings. The number of carboxylic acids is 1. The highest BCUT2D eigenvalue weighted by molar-refractivity contribution is 5.71. The van der Waals surface area contributed by atoms with Gasteiger partial charge in [0.2, 0.25) is 0 Å². The van der Waals surface area contributed by atoms with Gasteiger partial charge in [0.25, 0.3) is 6.29 Å². The number of aliphatic carboxylic acids is 1. The number of likely N-dealkylation sites (N-methyl/N-ethyl adjacent to an activating group) is 1. The fourth-order valence-electron chi connectivity index (χ4n) is 9.22. The second kappa shape index (κ2) is 65.4. The SMILES string of the molecule is CC/C=C\C/C=C\C/C=C\C/C=C\C/C=C\C/C=C\C/C=C\CCCCCCCC(=O)OC(COC(=O)CCCCCCCCCCCCCCCCCCCCCC/C=C\C/C=C\C/C=C\C/C=C\CC)COC(OCC[N+](C)(C)C)C(=O)O. The maximum atomic E-state index is 12.9. The van der Waals surface area contributed by atoms with Crippen LogP contribution in [0.4, 0.5) is 0 Å². The van der Waals surface area contributed by atoms with Crippen LogP contribution in [0.25, 0.3) is 0 Å². The number of carboxylic acid groups (broad SMARTS) is 1. The molecule has 0 aromatic carbocycles. The molecule has 9 nitrogen and oxygen atoms in total. The lowest BCUT2D eigenvalue weighted by atomic mass is 10.0. The highest BCUT2D eigenvalue weighted by Gasteiger charge is 2.25. The quantitative estimate of drug-likeness (QED) is 0.0211. The Balaban J connectivity index is 4.16. The van der Waals surface area contributed by atoms with E-state index in [0.29, 0.717) is 23.9 Å². The minimum Gasteiger partial charge on any atom is -0.477 e. The number of rotatable bonds is 62. The summed E-state index contributed by atoms with van der Waals surface area (Å²) in [5.74, 6) is -2.03. The summed E-state index contributed by atoms with van der Waals surface area (Å²) in [6.07, 6.45) is 91.3. The molecule has 85 heavy (non-hydrogen) atoms. The van der Waals surface area contributed by atoms with Crippen LogP contribution in [0.5, 0.6) is 0 Å². The van der Waals surface area contributed by atoms with Crippen molar-refractivity contribution in [1.82, 2.24) is 0 Å². The first-order valence-electron chi connectivity index (χ1n) is 34.3. The van der Waals surface area contributed by atoms with Crippen molar-refractivity contribution in [2.75, 3.05) is 47.5 Å². The Morgan fingerprint density at radius 2 is 0.635 bits per heavy atom. The molecular formula is C76H128NO8+. The Kier molecular flexibility index (Phi) is 61.9. The molecular weight excluding hydrogens is 1050 g/mol. The van der Waals surface area contributed by atoms with Crippen LogP contribution in [-0.4, -0.2) is 87.4 Å². The second-order valence-electron chi connectivity index (χ2n) is 23.7. The summed E-state index contributed by atoms with van der Waals surface area (Å²) < 4.78 is 22.9. The maximum absolute atomic E-state index is 12.9. The number of unbranched alkanes of at least 4 members (excludes halogenated alkanes) is 25. The molecule has 0 aliphatic carbocycles. The summed E-state index contributed by atoms with van der Waals surface area (Å²) in [5, 5.41) is 9.74. The van der Waals surface area contributed by atoms with Crippen molar-refractivity contribution < 1.29 is 42.9 Å². The highest BCUT2D eigenvalue weighted by Crippen LogP contribution is 2.17. The lowest BCUT2D eigenvalue weighted by Gasteiger charge is -2.25. The first-order chi connectivity index (χ1) is 41.6. The molecule has 0 heterocycles. The molecule has 0 aromatic rings. The van der Waals surface area contributed by atoms with Crippen LogP contribution in [0.2, 0.25) is 0 Å². The van der Waals surface area contributed by atoms with Crippen LogP contribution < -0.4 is 0 Å². The first-order valence-corrected chi connectivity index (χ1v) is 34.3. The van der Waals surface area contributed by atoms with E-state index >= 15 is 0 Å². The van der Waals surface area contributed by atoms with Crippen LogP contribution in [0.1, 0.15) is 271 Å². The molecule has 484 valence electrons. The van der Waals surface area contributed by atoms with Gasteiger partial charge in [-0.25, -0.2) is 4.79 Å². The number of nitrogens with zero attached hydrogens (tertiary/aromatic N) is 1. The van der Waals surface area contributed by atoms with E-state index in [1.165, 1.54) is 116 Å². The Bertz CT molecular complexity index is 1860. The molecule has 0 bridgehead atoms.